The van der Waals surface area contributed by atoms with Crippen molar-refractivity contribution >= 4 is 17.5 Å². The smallest absolute Gasteiger partial charge is 0.227 e. The Morgan fingerprint density at radius 2 is 2.04 bits per heavy atom. The summed E-state index contributed by atoms with van der Waals surface area (Å²) in [6.45, 7) is 4.24. The van der Waals surface area contributed by atoms with E-state index in [4.69, 9.17) is 0 Å². The Morgan fingerprint density at radius 3 is 2.77 bits per heavy atom. The predicted molar refractivity (Wildman–Crippen MR) is 99.2 cm³/mol. The summed E-state index contributed by atoms with van der Waals surface area (Å²) in [6, 6.07) is 13.7. The number of halogens is 1. The molecule has 26 heavy (non-hydrogen) atoms. The van der Waals surface area contributed by atoms with E-state index in [1.807, 2.05) is 31.2 Å². The van der Waals surface area contributed by atoms with E-state index in [-0.39, 0.29) is 30.1 Å². The summed E-state index contributed by atoms with van der Waals surface area (Å²) in [5.74, 6) is -0.952. The average molecular weight is 354 g/mol. The monoisotopic (exact) mass is 354 g/mol. The van der Waals surface area contributed by atoms with Crippen LogP contribution in [0.3, 0.4) is 0 Å². The molecule has 136 valence electrons. The fourth-order valence-electron chi connectivity index (χ4n) is 3.27. The van der Waals surface area contributed by atoms with Gasteiger partial charge in [0.15, 0.2) is 0 Å². The lowest BCUT2D eigenvalue weighted by Gasteiger charge is -2.19. The van der Waals surface area contributed by atoms with Gasteiger partial charge in [-0.25, -0.2) is 4.39 Å². The molecule has 1 saturated heterocycles. The van der Waals surface area contributed by atoms with Gasteiger partial charge < -0.3 is 10.2 Å². The van der Waals surface area contributed by atoms with Crippen LogP contribution in [0, 0.1) is 11.7 Å². The Hall–Kier alpha value is -2.69. The summed E-state index contributed by atoms with van der Waals surface area (Å²) in [4.78, 5) is 26.6. The van der Waals surface area contributed by atoms with E-state index in [0.717, 1.165) is 17.7 Å². The zero-order valence-electron chi connectivity index (χ0n) is 15.0. The molecule has 0 spiro atoms. The number of anilines is 1. The van der Waals surface area contributed by atoms with Crippen LogP contribution in [0.2, 0.25) is 0 Å². The number of aryl methyl sites for hydroxylation is 1. The van der Waals surface area contributed by atoms with Crippen LogP contribution >= 0.6 is 0 Å². The van der Waals surface area contributed by atoms with Crippen LogP contribution in [0.5, 0.6) is 0 Å². The van der Waals surface area contributed by atoms with Crippen molar-refractivity contribution in [3.63, 3.8) is 0 Å². The maximum Gasteiger partial charge on any atom is 0.227 e. The first-order chi connectivity index (χ1) is 12.5. The summed E-state index contributed by atoms with van der Waals surface area (Å²) in [5.41, 5.74) is 2.70. The third-order valence-corrected chi connectivity index (χ3v) is 4.83. The molecule has 2 aromatic carbocycles. The number of rotatable bonds is 5. The standard InChI is InChI=1S/C21H23FN2O2/c1-3-15-6-4-9-19(10-15)24-13-17(12-20(24)25)21(26)23-14(2)16-7-5-8-18(22)11-16/h4-11,14,17H,3,12-13H2,1-2H3,(H,23,26)/t14-,17+/m1/s1. The molecule has 1 aliphatic rings. The zero-order chi connectivity index (χ0) is 18.7. The molecule has 0 radical (unpaired) electrons. The highest BCUT2D eigenvalue weighted by Crippen LogP contribution is 2.27. The minimum absolute atomic E-state index is 0.0446. The van der Waals surface area contributed by atoms with Crippen LogP contribution in [-0.2, 0) is 16.0 Å². The Bertz CT molecular complexity index is 821. The maximum absolute atomic E-state index is 13.4. The molecule has 0 bridgehead atoms. The first-order valence-corrected chi connectivity index (χ1v) is 8.93. The second-order valence-electron chi connectivity index (χ2n) is 6.71. The summed E-state index contributed by atoms with van der Waals surface area (Å²) in [6.07, 6.45) is 1.09. The highest BCUT2D eigenvalue weighted by Gasteiger charge is 2.35. The molecule has 0 aliphatic carbocycles. The second-order valence-corrected chi connectivity index (χ2v) is 6.71. The van der Waals surface area contributed by atoms with Gasteiger partial charge in [-0.05, 0) is 48.7 Å². The molecular formula is C21H23FN2O2. The fourth-order valence-corrected chi connectivity index (χ4v) is 3.27. The van der Waals surface area contributed by atoms with E-state index in [9.17, 15) is 14.0 Å². The van der Waals surface area contributed by atoms with Crippen molar-refractivity contribution in [1.29, 1.82) is 0 Å². The molecule has 0 aromatic heterocycles. The van der Waals surface area contributed by atoms with Gasteiger partial charge in [0.1, 0.15) is 5.82 Å². The maximum atomic E-state index is 13.4. The van der Waals surface area contributed by atoms with Gasteiger partial charge in [-0.2, -0.15) is 0 Å². The topological polar surface area (TPSA) is 49.4 Å². The molecule has 4 nitrogen and oxygen atoms in total. The first kappa shape index (κ1) is 18.1. The van der Waals surface area contributed by atoms with Gasteiger partial charge in [-0.3, -0.25) is 9.59 Å². The third-order valence-electron chi connectivity index (χ3n) is 4.83. The van der Waals surface area contributed by atoms with Gasteiger partial charge in [-0.15, -0.1) is 0 Å². The summed E-state index contributed by atoms with van der Waals surface area (Å²) in [5, 5.41) is 2.90. The first-order valence-electron chi connectivity index (χ1n) is 8.93. The van der Waals surface area contributed by atoms with Crippen molar-refractivity contribution in [2.24, 2.45) is 5.92 Å². The molecule has 1 aliphatic heterocycles. The van der Waals surface area contributed by atoms with Gasteiger partial charge in [0, 0.05) is 18.7 Å². The van der Waals surface area contributed by atoms with E-state index < -0.39 is 5.92 Å². The number of carbonyl (C=O) groups is 2. The van der Waals surface area contributed by atoms with E-state index >= 15 is 0 Å². The number of amides is 2. The number of benzene rings is 2. The predicted octanol–water partition coefficient (Wildman–Crippen LogP) is 3.62. The molecular weight excluding hydrogens is 331 g/mol. The van der Waals surface area contributed by atoms with E-state index in [2.05, 4.69) is 12.2 Å². The number of hydrogen-bond acceptors (Lipinski definition) is 2. The molecule has 1 N–H and O–H groups in total. The van der Waals surface area contributed by atoms with Crippen molar-refractivity contribution in [3.05, 3.63) is 65.5 Å². The molecule has 2 amide bonds. The zero-order valence-corrected chi connectivity index (χ0v) is 15.0. The Kier molecular flexibility index (Phi) is 5.35. The number of nitrogens with one attached hydrogen (secondary N) is 1. The Balaban J connectivity index is 1.67. The highest BCUT2D eigenvalue weighted by molar-refractivity contribution is 6.00. The Labute approximate surface area is 153 Å². The van der Waals surface area contributed by atoms with Gasteiger partial charge in [-0.1, -0.05) is 31.2 Å². The van der Waals surface area contributed by atoms with E-state index in [1.165, 1.54) is 12.1 Å². The summed E-state index contributed by atoms with van der Waals surface area (Å²) < 4.78 is 13.4. The normalized spacial score (nSPS) is 18.0. The molecule has 2 atom stereocenters. The summed E-state index contributed by atoms with van der Waals surface area (Å²) in [7, 11) is 0. The summed E-state index contributed by atoms with van der Waals surface area (Å²) >= 11 is 0. The molecule has 0 unspecified atom stereocenters. The van der Waals surface area contributed by atoms with Gasteiger partial charge in [0.25, 0.3) is 0 Å². The van der Waals surface area contributed by atoms with Crippen molar-refractivity contribution in [1.82, 2.24) is 5.32 Å². The lowest BCUT2D eigenvalue weighted by Crippen LogP contribution is -2.34. The molecule has 2 aromatic rings. The number of nitrogens with zero attached hydrogens (tertiary/aromatic N) is 1. The van der Waals surface area contributed by atoms with Crippen LogP contribution in [0.15, 0.2) is 48.5 Å². The molecule has 1 heterocycles. The highest BCUT2D eigenvalue weighted by atomic mass is 19.1. The molecule has 0 saturated carbocycles. The van der Waals surface area contributed by atoms with Crippen molar-refractivity contribution in [3.8, 4) is 0 Å². The van der Waals surface area contributed by atoms with E-state index in [0.29, 0.717) is 12.1 Å². The van der Waals surface area contributed by atoms with Crippen LogP contribution in [0.4, 0.5) is 10.1 Å². The number of carbonyl (C=O) groups excluding carboxylic acids is 2. The lowest BCUT2D eigenvalue weighted by molar-refractivity contribution is -0.126. The van der Waals surface area contributed by atoms with Crippen molar-refractivity contribution in [2.45, 2.75) is 32.7 Å². The van der Waals surface area contributed by atoms with Gasteiger partial charge in [0.05, 0.1) is 12.0 Å². The largest absolute Gasteiger partial charge is 0.349 e. The average Bonchev–Trinajstić information content (AvgIpc) is 3.03. The SMILES string of the molecule is CCc1cccc(N2C[C@@H](C(=O)N[C@H](C)c3cccc(F)c3)CC2=O)c1. The second kappa shape index (κ2) is 7.68. The van der Waals surface area contributed by atoms with Gasteiger partial charge in [0.2, 0.25) is 11.8 Å². The van der Waals surface area contributed by atoms with Crippen molar-refractivity contribution in [2.75, 3.05) is 11.4 Å². The lowest BCUT2D eigenvalue weighted by atomic mass is 10.0. The van der Waals surface area contributed by atoms with Crippen LogP contribution in [-0.4, -0.2) is 18.4 Å². The minimum Gasteiger partial charge on any atom is -0.349 e. The van der Waals surface area contributed by atoms with Crippen LogP contribution in [0.1, 0.15) is 37.4 Å². The third kappa shape index (κ3) is 3.93. The quantitative estimate of drug-likeness (QED) is 0.892. The van der Waals surface area contributed by atoms with Crippen molar-refractivity contribution < 1.29 is 14.0 Å². The number of hydrogen-bond donors (Lipinski definition) is 1. The minimum atomic E-state index is -0.399. The van der Waals surface area contributed by atoms with Crippen LogP contribution < -0.4 is 10.2 Å². The molecule has 3 rings (SSSR count). The Morgan fingerprint density at radius 1 is 1.27 bits per heavy atom. The van der Waals surface area contributed by atoms with Crippen LogP contribution in [0.25, 0.3) is 0 Å². The van der Waals surface area contributed by atoms with E-state index in [1.54, 1.807) is 17.0 Å². The fraction of sp³-hybridized carbons (Fsp3) is 0.333. The molecule has 1 fully saturated rings. The van der Waals surface area contributed by atoms with Gasteiger partial charge >= 0.3 is 0 Å². The molecule has 5 heteroatoms.